The molecule has 1 N–H and O–H groups in total. The monoisotopic (exact) mass is 304 g/mol. The van der Waals surface area contributed by atoms with Gasteiger partial charge in [0.15, 0.2) is 0 Å². The van der Waals surface area contributed by atoms with E-state index in [2.05, 4.69) is 5.32 Å². The van der Waals surface area contributed by atoms with Crippen molar-refractivity contribution in [2.24, 2.45) is 5.92 Å². The number of hydrogen-bond acceptors (Lipinski definition) is 3. The number of furan rings is 1. The largest absolute Gasteiger partial charge is 0.467 e. The highest BCUT2D eigenvalue weighted by Crippen LogP contribution is 2.22. The first kappa shape index (κ1) is 15.4. The lowest BCUT2D eigenvalue weighted by Gasteiger charge is -2.29. The molecular formula is C13H15F3N2O3. The molecule has 1 aliphatic heterocycles. The lowest BCUT2D eigenvalue weighted by atomic mass is 9.97. The van der Waals surface area contributed by atoms with E-state index in [0.29, 0.717) is 0 Å². The second-order valence-corrected chi connectivity index (χ2v) is 4.93. The summed E-state index contributed by atoms with van der Waals surface area (Å²) in [6.07, 6.45) is -2.74. The third-order valence-corrected chi connectivity index (χ3v) is 3.22. The van der Waals surface area contributed by atoms with E-state index < -0.39 is 24.5 Å². The smallest absolute Gasteiger partial charge is 0.406 e. The number of piperidine rings is 1. The molecule has 8 heteroatoms. The molecule has 1 atom stereocenters. The number of carbonyl (C=O) groups is 2. The van der Waals surface area contributed by atoms with Gasteiger partial charge < -0.3 is 14.6 Å². The highest BCUT2D eigenvalue weighted by atomic mass is 19.4. The van der Waals surface area contributed by atoms with E-state index in [1.807, 2.05) is 0 Å². The molecule has 0 aliphatic carbocycles. The summed E-state index contributed by atoms with van der Waals surface area (Å²) in [5.41, 5.74) is 0. The first-order valence-electron chi connectivity index (χ1n) is 6.50. The van der Waals surface area contributed by atoms with Crippen molar-refractivity contribution in [2.45, 2.75) is 25.6 Å². The first-order valence-corrected chi connectivity index (χ1v) is 6.50. The van der Waals surface area contributed by atoms with Gasteiger partial charge in [0, 0.05) is 13.0 Å². The normalized spacial score (nSPS) is 19.2. The van der Waals surface area contributed by atoms with E-state index in [-0.39, 0.29) is 37.6 Å². The Morgan fingerprint density at radius 3 is 2.76 bits per heavy atom. The van der Waals surface area contributed by atoms with Crippen LogP contribution in [0.2, 0.25) is 0 Å². The number of halogens is 3. The lowest BCUT2D eigenvalue weighted by Crippen LogP contribution is -2.47. The van der Waals surface area contributed by atoms with Crippen molar-refractivity contribution < 1.29 is 27.2 Å². The van der Waals surface area contributed by atoms with Crippen LogP contribution in [0.3, 0.4) is 0 Å². The number of alkyl halides is 3. The average molecular weight is 304 g/mol. The highest BCUT2D eigenvalue weighted by Gasteiger charge is 2.36. The summed E-state index contributed by atoms with van der Waals surface area (Å²) in [5.74, 6) is -1.15. The van der Waals surface area contributed by atoms with Gasteiger partial charge in [0.05, 0.1) is 18.7 Å². The van der Waals surface area contributed by atoms with Crippen LogP contribution >= 0.6 is 0 Å². The third-order valence-electron chi connectivity index (χ3n) is 3.22. The van der Waals surface area contributed by atoms with Gasteiger partial charge in [-0.15, -0.1) is 0 Å². The van der Waals surface area contributed by atoms with Crippen molar-refractivity contribution in [3.05, 3.63) is 24.2 Å². The Morgan fingerprint density at radius 2 is 2.24 bits per heavy atom. The molecule has 116 valence electrons. The maximum Gasteiger partial charge on any atom is 0.406 e. The number of hydrogen-bond donors (Lipinski definition) is 1. The van der Waals surface area contributed by atoms with Crippen molar-refractivity contribution in [3.63, 3.8) is 0 Å². The standard InChI is InChI=1S/C13H15F3N2O3/c14-13(15,16)8-18(7-10-2-1-5-21-10)12(20)9-3-4-11(19)17-6-9/h1-2,5,9H,3-4,6-8H2,(H,17,19). The molecule has 0 radical (unpaired) electrons. The minimum Gasteiger partial charge on any atom is -0.467 e. The maximum atomic E-state index is 12.6. The van der Waals surface area contributed by atoms with Gasteiger partial charge in [-0.1, -0.05) is 0 Å². The zero-order valence-corrected chi connectivity index (χ0v) is 11.2. The number of nitrogens with zero attached hydrogens (tertiary/aromatic N) is 1. The van der Waals surface area contributed by atoms with Gasteiger partial charge >= 0.3 is 6.18 Å². The Hall–Kier alpha value is -1.99. The van der Waals surface area contributed by atoms with E-state index in [4.69, 9.17) is 4.42 Å². The fourth-order valence-corrected chi connectivity index (χ4v) is 2.22. The van der Waals surface area contributed by atoms with Gasteiger partial charge in [0.25, 0.3) is 0 Å². The summed E-state index contributed by atoms with van der Waals surface area (Å²) in [6, 6.07) is 3.06. The number of rotatable bonds is 4. The molecule has 1 aliphatic rings. The summed E-state index contributed by atoms with van der Waals surface area (Å²) in [6.45, 7) is -1.50. The molecule has 2 rings (SSSR count). The molecule has 1 aromatic rings. The minimum atomic E-state index is -4.49. The van der Waals surface area contributed by atoms with Crippen LogP contribution in [0.5, 0.6) is 0 Å². The van der Waals surface area contributed by atoms with Crippen LogP contribution in [0.15, 0.2) is 22.8 Å². The summed E-state index contributed by atoms with van der Waals surface area (Å²) < 4.78 is 42.9. The van der Waals surface area contributed by atoms with Crippen molar-refractivity contribution in [1.82, 2.24) is 10.2 Å². The van der Waals surface area contributed by atoms with Crippen molar-refractivity contribution in [3.8, 4) is 0 Å². The van der Waals surface area contributed by atoms with Crippen molar-refractivity contribution >= 4 is 11.8 Å². The Balaban J connectivity index is 2.06. The molecule has 2 amide bonds. The quantitative estimate of drug-likeness (QED) is 0.921. The van der Waals surface area contributed by atoms with E-state index in [0.717, 1.165) is 4.90 Å². The van der Waals surface area contributed by atoms with Gasteiger partial charge in [-0.05, 0) is 18.6 Å². The zero-order chi connectivity index (χ0) is 15.5. The predicted octanol–water partition coefficient (Wildman–Crippen LogP) is 1.70. The minimum absolute atomic E-state index is 0.0736. The summed E-state index contributed by atoms with van der Waals surface area (Å²) in [7, 11) is 0. The summed E-state index contributed by atoms with van der Waals surface area (Å²) in [4.78, 5) is 24.0. The molecule has 1 fully saturated rings. The topological polar surface area (TPSA) is 62.6 Å². The van der Waals surface area contributed by atoms with E-state index in [1.54, 1.807) is 6.07 Å². The molecule has 1 unspecified atom stereocenters. The summed E-state index contributed by atoms with van der Waals surface area (Å²) >= 11 is 0. The van der Waals surface area contributed by atoms with Crippen LogP contribution in [-0.4, -0.2) is 36.0 Å². The van der Waals surface area contributed by atoms with Gasteiger partial charge in [-0.2, -0.15) is 13.2 Å². The molecule has 21 heavy (non-hydrogen) atoms. The Bertz CT molecular complexity index is 489. The van der Waals surface area contributed by atoms with Crippen molar-refractivity contribution in [2.75, 3.05) is 13.1 Å². The second-order valence-electron chi connectivity index (χ2n) is 4.93. The Morgan fingerprint density at radius 1 is 1.48 bits per heavy atom. The van der Waals surface area contributed by atoms with E-state index >= 15 is 0 Å². The Kier molecular flexibility index (Phi) is 4.54. The van der Waals surface area contributed by atoms with Gasteiger partial charge in [0.1, 0.15) is 12.3 Å². The van der Waals surface area contributed by atoms with Crippen LogP contribution in [0.1, 0.15) is 18.6 Å². The molecule has 0 saturated carbocycles. The van der Waals surface area contributed by atoms with Crippen LogP contribution in [0.25, 0.3) is 0 Å². The molecule has 2 heterocycles. The fraction of sp³-hybridized carbons (Fsp3) is 0.538. The lowest BCUT2D eigenvalue weighted by molar-refractivity contribution is -0.166. The highest BCUT2D eigenvalue weighted by molar-refractivity contribution is 5.83. The van der Waals surface area contributed by atoms with Crippen LogP contribution in [-0.2, 0) is 16.1 Å². The maximum absolute atomic E-state index is 12.6. The van der Waals surface area contributed by atoms with Crippen LogP contribution < -0.4 is 5.32 Å². The first-order chi connectivity index (χ1) is 9.85. The molecule has 5 nitrogen and oxygen atoms in total. The van der Waals surface area contributed by atoms with E-state index in [9.17, 15) is 22.8 Å². The molecular weight excluding hydrogens is 289 g/mol. The number of nitrogens with one attached hydrogen (secondary N) is 1. The molecule has 0 aromatic carbocycles. The number of carbonyl (C=O) groups excluding carboxylic acids is 2. The Labute approximate surface area is 119 Å². The fourth-order valence-electron chi connectivity index (χ4n) is 2.22. The van der Waals surface area contributed by atoms with Gasteiger partial charge in [0.2, 0.25) is 11.8 Å². The second kappa shape index (κ2) is 6.19. The third kappa shape index (κ3) is 4.51. The molecule has 0 spiro atoms. The van der Waals surface area contributed by atoms with Crippen LogP contribution in [0, 0.1) is 5.92 Å². The molecule has 1 aromatic heterocycles. The van der Waals surface area contributed by atoms with Gasteiger partial charge in [-0.3, -0.25) is 9.59 Å². The van der Waals surface area contributed by atoms with Crippen LogP contribution in [0.4, 0.5) is 13.2 Å². The zero-order valence-electron chi connectivity index (χ0n) is 11.2. The number of amides is 2. The summed E-state index contributed by atoms with van der Waals surface area (Å²) in [5, 5.41) is 2.50. The van der Waals surface area contributed by atoms with E-state index in [1.165, 1.54) is 12.3 Å². The molecule has 0 bridgehead atoms. The average Bonchev–Trinajstić information content (AvgIpc) is 2.89. The van der Waals surface area contributed by atoms with Gasteiger partial charge in [-0.25, -0.2) is 0 Å². The predicted molar refractivity (Wildman–Crippen MR) is 65.9 cm³/mol. The molecule has 1 saturated heterocycles. The SMILES string of the molecule is O=C1CCC(C(=O)N(Cc2ccco2)CC(F)(F)F)CN1. The van der Waals surface area contributed by atoms with Crippen molar-refractivity contribution in [1.29, 1.82) is 0 Å².